The zero-order chi connectivity index (χ0) is 23.9. The lowest BCUT2D eigenvalue weighted by Crippen LogP contribution is -2.45. The number of ether oxygens (including phenoxy) is 7. The van der Waals surface area contributed by atoms with Crippen LogP contribution in [0, 0.1) is 0 Å². The third kappa shape index (κ3) is 14.1. The van der Waals surface area contributed by atoms with Crippen LogP contribution in [0.25, 0.3) is 0 Å². The highest BCUT2D eigenvalue weighted by Gasteiger charge is 2.33. The molecule has 6 atom stereocenters. The Labute approximate surface area is 190 Å². The standard InChI is InChI=1S/C24H46O7/c1-11-23(7,17-29-21(5)15-27-19(3)13-25-9)31-24(8,12-2)18-30-22(6)16-28-20(4)14-26-10/h11-12,19-22H,1-2,13-18H2,3-10H3. The number of methoxy groups -OCH3 is 2. The van der Waals surface area contributed by atoms with E-state index in [9.17, 15) is 0 Å². The Hall–Kier alpha value is -0.800. The molecule has 0 aliphatic carbocycles. The minimum atomic E-state index is -0.717. The third-order valence-electron chi connectivity index (χ3n) is 4.67. The molecule has 0 aliphatic heterocycles. The van der Waals surface area contributed by atoms with Crippen molar-refractivity contribution in [2.75, 3.05) is 53.9 Å². The molecule has 0 saturated carbocycles. The molecule has 0 fully saturated rings. The molecule has 0 aromatic rings. The lowest BCUT2D eigenvalue weighted by Gasteiger charge is -2.37. The van der Waals surface area contributed by atoms with E-state index in [0.29, 0.717) is 39.6 Å². The van der Waals surface area contributed by atoms with Gasteiger partial charge in [0.25, 0.3) is 0 Å². The van der Waals surface area contributed by atoms with Crippen LogP contribution in [0.2, 0.25) is 0 Å². The van der Waals surface area contributed by atoms with E-state index in [2.05, 4.69) is 13.2 Å². The summed E-state index contributed by atoms with van der Waals surface area (Å²) >= 11 is 0. The summed E-state index contributed by atoms with van der Waals surface area (Å²) in [4.78, 5) is 0. The summed E-state index contributed by atoms with van der Waals surface area (Å²) in [6.07, 6.45) is 3.33. The quantitative estimate of drug-likeness (QED) is 0.264. The Morgan fingerprint density at radius 2 is 0.935 bits per heavy atom. The Morgan fingerprint density at radius 3 is 1.23 bits per heavy atom. The van der Waals surface area contributed by atoms with Crippen molar-refractivity contribution in [1.82, 2.24) is 0 Å². The topological polar surface area (TPSA) is 64.6 Å². The normalized spacial score (nSPS) is 19.6. The molecular weight excluding hydrogens is 400 g/mol. The maximum Gasteiger partial charge on any atom is 0.108 e. The van der Waals surface area contributed by atoms with Gasteiger partial charge in [-0.3, -0.25) is 0 Å². The summed E-state index contributed by atoms with van der Waals surface area (Å²) < 4.78 is 39.8. The molecule has 0 saturated heterocycles. The molecule has 0 amide bonds. The van der Waals surface area contributed by atoms with E-state index in [1.165, 1.54) is 0 Å². The molecule has 0 aromatic carbocycles. The van der Waals surface area contributed by atoms with E-state index < -0.39 is 11.2 Å². The highest BCUT2D eigenvalue weighted by molar-refractivity contribution is 5.02. The SMILES string of the molecule is C=CC(C)(COC(C)COC(C)COC)OC(C)(C=C)COC(C)COC(C)COC. The Morgan fingerprint density at radius 1 is 0.613 bits per heavy atom. The van der Waals surface area contributed by atoms with Gasteiger partial charge < -0.3 is 33.2 Å². The number of rotatable bonds is 20. The number of hydrogen-bond acceptors (Lipinski definition) is 7. The molecule has 7 heteroatoms. The van der Waals surface area contributed by atoms with Gasteiger partial charge in [-0.1, -0.05) is 12.2 Å². The summed E-state index contributed by atoms with van der Waals surface area (Å²) in [6.45, 7) is 22.3. The minimum Gasteiger partial charge on any atom is -0.382 e. The van der Waals surface area contributed by atoms with Crippen LogP contribution >= 0.6 is 0 Å². The second-order valence-electron chi connectivity index (χ2n) is 8.58. The molecule has 0 rings (SSSR count). The summed E-state index contributed by atoms with van der Waals surface area (Å²) in [7, 11) is 3.31. The van der Waals surface area contributed by atoms with Crippen LogP contribution in [0.3, 0.4) is 0 Å². The van der Waals surface area contributed by atoms with Crippen LogP contribution in [0.4, 0.5) is 0 Å². The molecule has 0 aromatic heterocycles. The van der Waals surface area contributed by atoms with Gasteiger partial charge >= 0.3 is 0 Å². The van der Waals surface area contributed by atoms with Gasteiger partial charge in [0.15, 0.2) is 0 Å². The maximum atomic E-state index is 6.35. The fourth-order valence-electron chi connectivity index (χ4n) is 2.67. The van der Waals surface area contributed by atoms with Gasteiger partial charge in [0, 0.05) is 14.2 Å². The molecule has 184 valence electrons. The Balaban J connectivity index is 4.61. The van der Waals surface area contributed by atoms with Crippen LogP contribution in [0.1, 0.15) is 41.5 Å². The zero-order valence-corrected chi connectivity index (χ0v) is 21.0. The Kier molecular flexibility index (Phi) is 15.5. The summed E-state index contributed by atoms with van der Waals surface area (Å²) in [6, 6.07) is 0. The molecule has 0 N–H and O–H groups in total. The van der Waals surface area contributed by atoms with Crippen LogP contribution < -0.4 is 0 Å². The predicted molar refractivity (Wildman–Crippen MR) is 124 cm³/mol. The maximum absolute atomic E-state index is 6.35. The van der Waals surface area contributed by atoms with Gasteiger partial charge in [-0.25, -0.2) is 0 Å². The van der Waals surface area contributed by atoms with Gasteiger partial charge in [-0.2, -0.15) is 0 Å². The van der Waals surface area contributed by atoms with Gasteiger partial charge in [-0.05, 0) is 41.5 Å². The van der Waals surface area contributed by atoms with Crippen molar-refractivity contribution in [2.24, 2.45) is 0 Å². The van der Waals surface area contributed by atoms with Crippen LogP contribution in [-0.4, -0.2) is 89.5 Å². The van der Waals surface area contributed by atoms with Crippen molar-refractivity contribution in [1.29, 1.82) is 0 Å². The van der Waals surface area contributed by atoms with Gasteiger partial charge in [0.2, 0.25) is 0 Å². The van der Waals surface area contributed by atoms with Gasteiger partial charge in [0.1, 0.15) is 11.2 Å². The first-order chi connectivity index (χ1) is 14.5. The van der Waals surface area contributed by atoms with Crippen molar-refractivity contribution in [2.45, 2.75) is 77.2 Å². The molecule has 0 heterocycles. The molecule has 6 unspecified atom stereocenters. The van der Waals surface area contributed by atoms with E-state index in [4.69, 9.17) is 33.2 Å². The van der Waals surface area contributed by atoms with E-state index >= 15 is 0 Å². The van der Waals surface area contributed by atoms with E-state index in [-0.39, 0.29) is 24.4 Å². The molecule has 0 spiro atoms. The summed E-state index contributed by atoms with van der Waals surface area (Å²) in [5.41, 5.74) is -1.43. The second-order valence-corrected chi connectivity index (χ2v) is 8.58. The van der Waals surface area contributed by atoms with E-state index in [1.807, 2.05) is 41.5 Å². The minimum absolute atomic E-state index is 0.0164. The van der Waals surface area contributed by atoms with Crippen molar-refractivity contribution < 1.29 is 33.2 Å². The molecule has 0 aliphatic rings. The van der Waals surface area contributed by atoms with Crippen LogP contribution in [0.5, 0.6) is 0 Å². The summed E-state index contributed by atoms with van der Waals surface area (Å²) in [5, 5.41) is 0. The lowest BCUT2D eigenvalue weighted by atomic mass is 10.0. The highest BCUT2D eigenvalue weighted by atomic mass is 16.6. The average molecular weight is 447 g/mol. The fraction of sp³-hybridized carbons (Fsp3) is 0.833. The first kappa shape index (κ1) is 30.2. The summed E-state index contributed by atoms with van der Waals surface area (Å²) in [5.74, 6) is 0. The lowest BCUT2D eigenvalue weighted by molar-refractivity contribution is -0.167. The Bertz CT molecular complexity index is 445. The second kappa shape index (κ2) is 15.9. The van der Waals surface area contributed by atoms with E-state index in [0.717, 1.165) is 0 Å². The van der Waals surface area contributed by atoms with Crippen molar-refractivity contribution in [3.8, 4) is 0 Å². The number of hydrogen-bond donors (Lipinski definition) is 0. The fourth-order valence-corrected chi connectivity index (χ4v) is 2.67. The largest absolute Gasteiger partial charge is 0.382 e. The van der Waals surface area contributed by atoms with Crippen molar-refractivity contribution >= 4 is 0 Å². The first-order valence-electron chi connectivity index (χ1n) is 10.9. The monoisotopic (exact) mass is 446 g/mol. The average Bonchev–Trinajstić information content (AvgIpc) is 2.74. The van der Waals surface area contributed by atoms with Gasteiger partial charge in [0.05, 0.1) is 64.1 Å². The highest BCUT2D eigenvalue weighted by Crippen LogP contribution is 2.25. The van der Waals surface area contributed by atoms with Crippen molar-refractivity contribution in [3.63, 3.8) is 0 Å². The molecule has 0 radical (unpaired) electrons. The van der Waals surface area contributed by atoms with E-state index in [1.54, 1.807) is 26.4 Å². The molecular formula is C24H46O7. The molecule has 31 heavy (non-hydrogen) atoms. The molecule has 7 nitrogen and oxygen atoms in total. The zero-order valence-electron chi connectivity index (χ0n) is 21.0. The predicted octanol–water partition coefficient (Wildman–Crippen LogP) is 3.81. The van der Waals surface area contributed by atoms with Crippen molar-refractivity contribution in [3.05, 3.63) is 25.3 Å². The molecule has 0 bridgehead atoms. The first-order valence-corrected chi connectivity index (χ1v) is 10.9. The third-order valence-corrected chi connectivity index (χ3v) is 4.67. The van der Waals surface area contributed by atoms with Gasteiger partial charge in [-0.15, -0.1) is 13.2 Å². The van der Waals surface area contributed by atoms with Crippen LogP contribution in [0.15, 0.2) is 25.3 Å². The van der Waals surface area contributed by atoms with Crippen LogP contribution in [-0.2, 0) is 33.2 Å². The smallest absolute Gasteiger partial charge is 0.108 e.